The number of hydrogen-bond acceptors (Lipinski definition) is 3. The summed E-state index contributed by atoms with van der Waals surface area (Å²) in [7, 11) is 0. The standard InChI is InChI=1S/C21H21N3O2/c25-21(13-16-7-8-20-17(12-16)5-3-11-26-20)23-14-18-4-1-2-6-19(18)24-10-9-22-15-24/h1-2,4,6-10,12,15H,3,5,11,13-14H2,(H,23,25). The fourth-order valence-corrected chi connectivity index (χ4v) is 3.28. The lowest BCUT2D eigenvalue weighted by Gasteiger charge is -2.18. The molecule has 5 nitrogen and oxygen atoms in total. The lowest BCUT2D eigenvalue weighted by atomic mass is 10.0. The molecular weight excluding hydrogens is 326 g/mol. The van der Waals surface area contributed by atoms with Gasteiger partial charge in [0.2, 0.25) is 5.91 Å². The zero-order valence-corrected chi connectivity index (χ0v) is 14.5. The molecule has 1 aliphatic heterocycles. The molecular formula is C21H21N3O2. The Hall–Kier alpha value is -3.08. The van der Waals surface area contributed by atoms with Gasteiger partial charge in [0.1, 0.15) is 5.75 Å². The van der Waals surface area contributed by atoms with Crippen LogP contribution in [0.2, 0.25) is 0 Å². The number of benzene rings is 2. The molecule has 2 aromatic carbocycles. The van der Waals surface area contributed by atoms with E-state index in [1.807, 2.05) is 47.2 Å². The monoisotopic (exact) mass is 347 g/mol. The summed E-state index contributed by atoms with van der Waals surface area (Å²) in [6, 6.07) is 14.0. The van der Waals surface area contributed by atoms with Gasteiger partial charge >= 0.3 is 0 Å². The van der Waals surface area contributed by atoms with Gasteiger partial charge < -0.3 is 14.6 Å². The minimum atomic E-state index is 0.0158. The molecule has 0 unspecified atom stereocenters. The van der Waals surface area contributed by atoms with Crippen molar-refractivity contribution in [2.24, 2.45) is 0 Å². The number of fused-ring (bicyclic) bond motifs is 1. The minimum Gasteiger partial charge on any atom is -0.493 e. The largest absolute Gasteiger partial charge is 0.493 e. The maximum absolute atomic E-state index is 12.4. The lowest BCUT2D eigenvalue weighted by molar-refractivity contribution is -0.120. The van der Waals surface area contributed by atoms with Gasteiger partial charge in [-0.05, 0) is 41.7 Å². The molecule has 26 heavy (non-hydrogen) atoms. The minimum absolute atomic E-state index is 0.0158. The number of carbonyl (C=O) groups excluding carboxylic acids is 1. The summed E-state index contributed by atoms with van der Waals surface area (Å²) in [5, 5.41) is 3.03. The van der Waals surface area contributed by atoms with E-state index in [0.717, 1.165) is 42.0 Å². The first-order chi connectivity index (χ1) is 12.8. The van der Waals surface area contributed by atoms with E-state index < -0.39 is 0 Å². The van der Waals surface area contributed by atoms with Crippen molar-refractivity contribution in [2.75, 3.05) is 6.61 Å². The molecule has 0 saturated carbocycles. The topological polar surface area (TPSA) is 56.1 Å². The van der Waals surface area contributed by atoms with Crippen molar-refractivity contribution in [3.63, 3.8) is 0 Å². The number of carbonyl (C=O) groups is 1. The highest BCUT2D eigenvalue weighted by molar-refractivity contribution is 5.78. The van der Waals surface area contributed by atoms with Crippen molar-refractivity contribution in [1.82, 2.24) is 14.9 Å². The molecule has 0 aliphatic carbocycles. The van der Waals surface area contributed by atoms with Crippen molar-refractivity contribution in [3.05, 3.63) is 77.9 Å². The molecule has 5 heteroatoms. The molecule has 3 aromatic rings. The molecule has 1 aromatic heterocycles. The number of nitrogens with one attached hydrogen (secondary N) is 1. The summed E-state index contributed by atoms with van der Waals surface area (Å²) in [6.07, 6.45) is 7.83. The van der Waals surface area contributed by atoms with E-state index in [1.54, 1.807) is 12.5 Å². The SMILES string of the molecule is O=C(Cc1ccc2c(c1)CCCO2)NCc1ccccc1-n1ccnc1. The van der Waals surface area contributed by atoms with Crippen LogP contribution in [0.1, 0.15) is 23.1 Å². The first kappa shape index (κ1) is 16.4. The van der Waals surface area contributed by atoms with Crippen molar-refractivity contribution in [2.45, 2.75) is 25.8 Å². The Bertz CT molecular complexity index is 903. The molecule has 4 rings (SSSR count). The Morgan fingerprint density at radius 1 is 1.23 bits per heavy atom. The number of imidazole rings is 1. The van der Waals surface area contributed by atoms with Gasteiger partial charge in [0.15, 0.2) is 0 Å². The first-order valence-corrected chi connectivity index (χ1v) is 8.87. The first-order valence-electron chi connectivity index (χ1n) is 8.87. The van der Waals surface area contributed by atoms with E-state index in [9.17, 15) is 4.79 Å². The number of aryl methyl sites for hydroxylation is 1. The number of ether oxygens (including phenoxy) is 1. The van der Waals surface area contributed by atoms with E-state index >= 15 is 0 Å². The van der Waals surface area contributed by atoms with Gasteiger partial charge in [-0.15, -0.1) is 0 Å². The zero-order chi connectivity index (χ0) is 17.8. The van der Waals surface area contributed by atoms with Crippen LogP contribution in [0.15, 0.2) is 61.2 Å². The normalized spacial score (nSPS) is 12.9. The highest BCUT2D eigenvalue weighted by Gasteiger charge is 2.12. The quantitative estimate of drug-likeness (QED) is 0.772. The maximum Gasteiger partial charge on any atom is 0.224 e. The van der Waals surface area contributed by atoms with Crippen LogP contribution in [0.25, 0.3) is 5.69 Å². The number of rotatable bonds is 5. The molecule has 0 fully saturated rings. The highest BCUT2D eigenvalue weighted by atomic mass is 16.5. The van der Waals surface area contributed by atoms with Crippen LogP contribution in [0, 0.1) is 0 Å². The predicted octanol–water partition coefficient (Wildman–Crippen LogP) is 3.06. The number of nitrogens with zero attached hydrogens (tertiary/aromatic N) is 2. The number of para-hydroxylation sites is 1. The predicted molar refractivity (Wildman–Crippen MR) is 99.4 cm³/mol. The van der Waals surface area contributed by atoms with Gasteiger partial charge in [-0.25, -0.2) is 4.98 Å². The number of hydrogen-bond donors (Lipinski definition) is 1. The van der Waals surface area contributed by atoms with Crippen molar-refractivity contribution in [1.29, 1.82) is 0 Å². The van der Waals surface area contributed by atoms with Crippen LogP contribution in [0.3, 0.4) is 0 Å². The van der Waals surface area contributed by atoms with Gasteiger partial charge in [-0.1, -0.05) is 30.3 Å². The van der Waals surface area contributed by atoms with E-state index in [2.05, 4.69) is 16.4 Å². The highest BCUT2D eigenvalue weighted by Crippen LogP contribution is 2.25. The van der Waals surface area contributed by atoms with Gasteiger partial charge in [0.05, 0.1) is 25.0 Å². The van der Waals surface area contributed by atoms with Crippen LogP contribution in [0.4, 0.5) is 0 Å². The Labute approximate surface area is 152 Å². The van der Waals surface area contributed by atoms with Gasteiger partial charge in [0, 0.05) is 18.9 Å². The molecule has 0 radical (unpaired) electrons. The summed E-state index contributed by atoms with van der Waals surface area (Å²) in [6.45, 7) is 1.27. The molecule has 0 atom stereocenters. The Balaban J connectivity index is 1.41. The Kier molecular flexibility index (Phi) is 4.69. The fraction of sp³-hybridized carbons (Fsp3) is 0.238. The second-order valence-electron chi connectivity index (χ2n) is 6.45. The average Bonchev–Trinajstić information content (AvgIpc) is 3.21. The fourth-order valence-electron chi connectivity index (χ4n) is 3.28. The van der Waals surface area contributed by atoms with E-state index in [1.165, 1.54) is 5.56 Å². The second-order valence-corrected chi connectivity index (χ2v) is 6.45. The number of amides is 1. The lowest BCUT2D eigenvalue weighted by Crippen LogP contribution is -2.25. The molecule has 132 valence electrons. The summed E-state index contributed by atoms with van der Waals surface area (Å²) in [5.41, 5.74) is 4.30. The molecule has 1 aliphatic rings. The summed E-state index contributed by atoms with van der Waals surface area (Å²) < 4.78 is 7.58. The molecule has 1 amide bonds. The van der Waals surface area contributed by atoms with Crippen LogP contribution in [0.5, 0.6) is 5.75 Å². The third-order valence-corrected chi connectivity index (χ3v) is 4.59. The van der Waals surface area contributed by atoms with Crippen LogP contribution in [-0.4, -0.2) is 22.1 Å². The maximum atomic E-state index is 12.4. The van der Waals surface area contributed by atoms with Gasteiger partial charge in [-0.3, -0.25) is 4.79 Å². The molecule has 0 saturated heterocycles. The molecule has 1 N–H and O–H groups in total. The average molecular weight is 347 g/mol. The van der Waals surface area contributed by atoms with E-state index in [0.29, 0.717) is 13.0 Å². The van der Waals surface area contributed by atoms with Crippen molar-refractivity contribution in [3.8, 4) is 11.4 Å². The van der Waals surface area contributed by atoms with Crippen molar-refractivity contribution >= 4 is 5.91 Å². The Morgan fingerprint density at radius 3 is 3.04 bits per heavy atom. The zero-order valence-electron chi connectivity index (χ0n) is 14.5. The van der Waals surface area contributed by atoms with Crippen molar-refractivity contribution < 1.29 is 9.53 Å². The van der Waals surface area contributed by atoms with Crippen LogP contribution in [-0.2, 0) is 24.2 Å². The summed E-state index contributed by atoms with van der Waals surface area (Å²) >= 11 is 0. The third-order valence-electron chi connectivity index (χ3n) is 4.59. The summed E-state index contributed by atoms with van der Waals surface area (Å²) in [5.74, 6) is 0.969. The van der Waals surface area contributed by atoms with Gasteiger partial charge in [0.25, 0.3) is 0 Å². The second kappa shape index (κ2) is 7.44. The van der Waals surface area contributed by atoms with E-state index in [4.69, 9.17) is 4.74 Å². The molecule has 0 spiro atoms. The number of aromatic nitrogens is 2. The smallest absolute Gasteiger partial charge is 0.224 e. The summed E-state index contributed by atoms with van der Waals surface area (Å²) in [4.78, 5) is 16.5. The van der Waals surface area contributed by atoms with Crippen LogP contribution < -0.4 is 10.1 Å². The van der Waals surface area contributed by atoms with E-state index in [-0.39, 0.29) is 5.91 Å². The third kappa shape index (κ3) is 3.61. The molecule has 2 heterocycles. The Morgan fingerprint density at radius 2 is 2.15 bits per heavy atom. The van der Waals surface area contributed by atoms with Gasteiger partial charge in [-0.2, -0.15) is 0 Å². The molecule has 0 bridgehead atoms. The van der Waals surface area contributed by atoms with Crippen LogP contribution >= 0.6 is 0 Å².